The number of hydrogen-bond acceptors (Lipinski definition) is 3. The average Bonchev–Trinajstić information content (AvgIpc) is 2.33. The molecule has 0 unspecified atom stereocenters. The number of hydrogen-bond donors (Lipinski definition) is 1. The van der Waals surface area contributed by atoms with Crippen LogP contribution in [0.2, 0.25) is 0 Å². The van der Waals surface area contributed by atoms with Gasteiger partial charge in [0.05, 0.1) is 10.9 Å². The number of rotatable bonds is 4. The summed E-state index contributed by atoms with van der Waals surface area (Å²) in [5, 5.41) is 9.17. The van der Waals surface area contributed by atoms with E-state index in [1.54, 1.807) is 25.1 Å². The second kappa shape index (κ2) is 5.00. The molecular weight excluding hydrogens is 232 g/mol. The third kappa shape index (κ3) is 2.40. The lowest BCUT2D eigenvalue weighted by atomic mass is 10.2. The number of fused-ring (bicyclic) bond motifs is 1. The van der Waals surface area contributed by atoms with E-state index in [0.717, 1.165) is 0 Å². The van der Waals surface area contributed by atoms with Gasteiger partial charge in [-0.15, -0.1) is 0 Å². The Balaban J connectivity index is 2.38. The molecule has 0 atom stereocenters. The smallest absolute Gasteiger partial charge is 0.303 e. The Morgan fingerprint density at radius 3 is 2.83 bits per heavy atom. The van der Waals surface area contributed by atoms with Gasteiger partial charge in [-0.05, 0) is 25.5 Å². The molecular formula is C13H14N2O3. The standard InChI is InChI=1S/C13H14N2O3/c1-9-14-11-6-3-2-5-10(11)13(18)15(9)8-4-7-12(16)17/h2-3,5-6H,4,7-8H2,1H3,(H,16,17). The number of para-hydroxylation sites is 1. The van der Waals surface area contributed by atoms with Crippen LogP contribution in [0.25, 0.3) is 10.9 Å². The van der Waals surface area contributed by atoms with Crippen LogP contribution in [-0.4, -0.2) is 20.6 Å². The van der Waals surface area contributed by atoms with Crippen LogP contribution in [0.3, 0.4) is 0 Å². The first-order valence-electron chi connectivity index (χ1n) is 5.77. The van der Waals surface area contributed by atoms with E-state index in [0.29, 0.717) is 29.7 Å². The maximum Gasteiger partial charge on any atom is 0.303 e. The largest absolute Gasteiger partial charge is 0.481 e. The minimum absolute atomic E-state index is 0.0543. The van der Waals surface area contributed by atoms with E-state index < -0.39 is 5.97 Å². The summed E-state index contributed by atoms with van der Waals surface area (Å²) in [5.74, 6) is -0.237. The molecule has 1 aromatic carbocycles. The van der Waals surface area contributed by atoms with Crippen LogP contribution in [0.1, 0.15) is 18.7 Å². The van der Waals surface area contributed by atoms with E-state index in [-0.39, 0.29) is 12.0 Å². The van der Waals surface area contributed by atoms with Crippen LogP contribution in [-0.2, 0) is 11.3 Å². The molecule has 5 nitrogen and oxygen atoms in total. The van der Waals surface area contributed by atoms with E-state index in [2.05, 4.69) is 4.98 Å². The second-order valence-corrected chi connectivity index (χ2v) is 4.13. The Morgan fingerprint density at radius 1 is 1.39 bits per heavy atom. The van der Waals surface area contributed by atoms with Crippen molar-refractivity contribution in [3.8, 4) is 0 Å². The average molecular weight is 246 g/mol. The number of aryl methyl sites for hydroxylation is 1. The van der Waals surface area contributed by atoms with E-state index >= 15 is 0 Å². The molecule has 18 heavy (non-hydrogen) atoms. The second-order valence-electron chi connectivity index (χ2n) is 4.13. The predicted octanol–water partition coefficient (Wildman–Crippen LogP) is 1.57. The van der Waals surface area contributed by atoms with Gasteiger partial charge in [-0.2, -0.15) is 0 Å². The molecule has 0 radical (unpaired) electrons. The highest BCUT2D eigenvalue weighted by Gasteiger charge is 2.07. The quantitative estimate of drug-likeness (QED) is 0.888. The number of benzene rings is 1. The molecule has 0 bridgehead atoms. The molecule has 0 fully saturated rings. The third-order valence-electron chi connectivity index (χ3n) is 2.82. The van der Waals surface area contributed by atoms with Crippen molar-refractivity contribution in [2.75, 3.05) is 0 Å². The Bertz CT molecular complexity index is 646. The summed E-state index contributed by atoms with van der Waals surface area (Å²) >= 11 is 0. The zero-order valence-corrected chi connectivity index (χ0v) is 10.1. The molecule has 0 aliphatic carbocycles. The van der Waals surface area contributed by atoms with E-state index in [1.807, 2.05) is 6.07 Å². The Hall–Kier alpha value is -2.17. The highest BCUT2D eigenvalue weighted by molar-refractivity contribution is 5.77. The van der Waals surface area contributed by atoms with Gasteiger partial charge in [0.1, 0.15) is 5.82 Å². The van der Waals surface area contributed by atoms with Crippen LogP contribution in [0, 0.1) is 6.92 Å². The van der Waals surface area contributed by atoms with Crippen molar-refractivity contribution < 1.29 is 9.90 Å². The summed E-state index contributed by atoms with van der Waals surface area (Å²) < 4.78 is 1.53. The molecule has 1 heterocycles. The summed E-state index contributed by atoms with van der Waals surface area (Å²) in [5.41, 5.74) is 0.568. The number of carboxylic acid groups (broad SMARTS) is 1. The molecule has 0 spiro atoms. The van der Waals surface area contributed by atoms with Gasteiger partial charge in [-0.3, -0.25) is 14.2 Å². The number of carboxylic acids is 1. The molecule has 0 saturated carbocycles. The lowest BCUT2D eigenvalue weighted by Crippen LogP contribution is -2.24. The number of carbonyl (C=O) groups is 1. The maximum atomic E-state index is 12.2. The summed E-state index contributed by atoms with van der Waals surface area (Å²) in [4.78, 5) is 27.0. The fourth-order valence-electron chi connectivity index (χ4n) is 1.93. The molecule has 2 rings (SSSR count). The zero-order chi connectivity index (χ0) is 13.1. The monoisotopic (exact) mass is 246 g/mol. The molecule has 94 valence electrons. The van der Waals surface area contributed by atoms with Gasteiger partial charge in [-0.25, -0.2) is 4.98 Å². The van der Waals surface area contributed by atoms with E-state index in [4.69, 9.17) is 5.11 Å². The molecule has 0 aliphatic rings. The fourth-order valence-corrected chi connectivity index (χ4v) is 1.93. The van der Waals surface area contributed by atoms with Gasteiger partial charge in [0.15, 0.2) is 0 Å². The van der Waals surface area contributed by atoms with Gasteiger partial charge in [0, 0.05) is 13.0 Å². The molecule has 0 saturated heterocycles. The first kappa shape index (κ1) is 12.3. The van der Waals surface area contributed by atoms with E-state index in [1.165, 1.54) is 4.57 Å². The van der Waals surface area contributed by atoms with Gasteiger partial charge >= 0.3 is 5.97 Å². The lowest BCUT2D eigenvalue weighted by Gasteiger charge is -2.09. The summed E-state index contributed by atoms with van der Waals surface area (Å²) in [6.07, 6.45) is 0.481. The maximum absolute atomic E-state index is 12.2. The van der Waals surface area contributed by atoms with Crippen LogP contribution < -0.4 is 5.56 Å². The highest BCUT2D eigenvalue weighted by Crippen LogP contribution is 2.08. The number of aliphatic carboxylic acids is 1. The van der Waals surface area contributed by atoms with Crippen molar-refractivity contribution in [1.29, 1.82) is 0 Å². The highest BCUT2D eigenvalue weighted by atomic mass is 16.4. The molecule has 0 aliphatic heterocycles. The topological polar surface area (TPSA) is 72.2 Å². The van der Waals surface area contributed by atoms with Crippen molar-refractivity contribution >= 4 is 16.9 Å². The summed E-state index contributed by atoms with van der Waals surface area (Å²) in [7, 11) is 0. The summed E-state index contributed by atoms with van der Waals surface area (Å²) in [6.45, 7) is 2.14. The van der Waals surface area contributed by atoms with Gasteiger partial charge in [0.25, 0.3) is 5.56 Å². The van der Waals surface area contributed by atoms with Crippen molar-refractivity contribution in [3.63, 3.8) is 0 Å². The molecule has 0 amide bonds. The van der Waals surface area contributed by atoms with Crippen LogP contribution in [0.15, 0.2) is 29.1 Å². The number of aromatic nitrogens is 2. The van der Waals surface area contributed by atoms with Crippen molar-refractivity contribution in [2.24, 2.45) is 0 Å². The minimum Gasteiger partial charge on any atom is -0.481 e. The van der Waals surface area contributed by atoms with Crippen LogP contribution in [0.4, 0.5) is 0 Å². The lowest BCUT2D eigenvalue weighted by molar-refractivity contribution is -0.137. The number of nitrogens with zero attached hydrogens (tertiary/aromatic N) is 2. The Labute approximate surface area is 104 Å². The molecule has 5 heteroatoms. The van der Waals surface area contributed by atoms with E-state index in [9.17, 15) is 9.59 Å². The van der Waals surface area contributed by atoms with Crippen molar-refractivity contribution in [1.82, 2.24) is 9.55 Å². The molecule has 1 N–H and O–H groups in total. The Kier molecular flexibility index (Phi) is 3.41. The zero-order valence-electron chi connectivity index (χ0n) is 10.1. The SMILES string of the molecule is Cc1nc2ccccc2c(=O)n1CCCC(=O)O. The fraction of sp³-hybridized carbons (Fsp3) is 0.308. The van der Waals surface area contributed by atoms with Gasteiger partial charge in [-0.1, -0.05) is 12.1 Å². The summed E-state index contributed by atoms with van der Waals surface area (Å²) in [6, 6.07) is 7.16. The van der Waals surface area contributed by atoms with Crippen LogP contribution in [0.5, 0.6) is 0 Å². The predicted molar refractivity (Wildman–Crippen MR) is 67.6 cm³/mol. The Morgan fingerprint density at radius 2 is 2.11 bits per heavy atom. The van der Waals surface area contributed by atoms with Crippen molar-refractivity contribution in [3.05, 3.63) is 40.4 Å². The van der Waals surface area contributed by atoms with Gasteiger partial charge in [0.2, 0.25) is 0 Å². The minimum atomic E-state index is -0.852. The normalized spacial score (nSPS) is 10.7. The van der Waals surface area contributed by atoms with Crippen LogP contribution >= 0.6 is 0 Å². The molecule has 1 aromatic heterocycles. The first-order chi connectivity index (χ1) is 8.59. The van der Waals surface area contributed by atoms with Gasteiger partial charge < -0.3 is 5.11 Å². The molecule has 2 aromatic rings. The first-order valence-corrected chi connectivity index (χ1v) is 5.77. The van der Waals surface area contributed by atoms with Crippen molar-refractivity contribution in [2.45, 2.75) is 26.3 Å². The third-order valence-corrected chi connectivity index (χ3v) is 2.82.